The van der Waals surface area contributed by atoms with E-state index in [2.05, 4.69) is 4.98 Å². The van der Waals surface area contributed by atoms with Gasteiger partial charge < -0.3 is 10.2 Å². The Hall–Kier alpha value is -2.25. The quantitative estimate of drug-likeness (QED) is 0.762. The first-order valence-electron chi connectivity index (χ1n) is 5.81. The van der Waals surface area contributed by atoms with Gasteiger partial charge in [0.25, 0.3) is 0 Å². The molecule has 0 aliphatic carbocycles. The van der Waals surface area contributed by atoms with Crippen molar-refractivity contribution in [1.29, 1.82) is 0 Å². The van der Waals surface area contributed by atoms with Gasteiger partial charge in [-0.2, -0.15) is 0 Å². The summed E-state index contributed by atoms with van der Waals surface area (Å²) in [5, 5.41) is 22.0. The average Bonchev–Trinajstić information content (AvgIpc) is 3.09. The number of aromatic carboxylic acids is 1. The maximum atomic E-state index is 13.4. The van der Waals surface area contributed by atoms with Crippen molar-refractivity contribution in [2.24, 2.45) is 0 Å². The third-order valence-electron chi connectivity index (χ3n) is 2.80. The molecule has 0 bridgehead atoms. The number of carboxylic acid groups (broad SMARTS) is 1. The SMILES string of the molecule is O=C(O)c1csc(-c2csc(-c3ccc(O)c(F)c3)n2)c1. The van der Waals surface area contributed by atoms with Crippen LogP contribution >= 0.6 is 22.7 Å². The average molecular weight is 321 g/mol. The third-order valence-corrected chi connectivity index (χ3v) is 4.64. The van der Waals surface area contributed by atoms with Crippen molar-refractivity contribution in [2.45, 2.75) is 0 Å². The highest BCUT2D eigenvalue weighted by molar-refractivity contribution is 7.15. The number of phenolic OH excluding ortho intramolecular Hbond substituents is 1. The highest BCUT2D eigenvalue weighted by atomic mass is 32.1. The fourth-order valence-electron chi connectivity index (χ4n) is 1.74. The first-order chi connectivity index (χ1) is 10.0. The molecular formula is C14H8FNO3S2. The lowest BCUT2D eigenvalue weighted by Gasteiger charge is -1.98. The fourth-order valence-corrected chi connectivity index (χ4v) is 3.48. The molecule has 0 aliphatic rings. The summed E-state index contributed by atoms with van der Waals surface area (Å²) < 4.78 is 13.4. The molecule has 21 heavy (non-hydrogen) atoms. The third kappa shape index (κ3) is 2.65. The van der Waals surface area contributed by atoms with Crippen LogP contribution < -0.4 is 0 Å². The van der Waals surface area contributed by atoms with Gasteiger partial charge in [-0.25, -0.2) is 14.2 Å². The van der Waals surface area contributed by atoms with Crippen molar-refractivity contribution >= 4 is 28.6 Å². The van der Waals surface area contributed by atoms with Crippen molar-refractivity contribution in [3.8, 4) is 26.9 Å². The zero-order valence-electron chi connectivity index (χ0n) is 10.4. The molecule has 0 saturated heterocycles. The highest BCUT2D eigenvalue weighted by Gasteiger charge is 2.12. The summed E-state index contributed by atoms with van der Waals surface area (Å²) >= 11 is 2.62. The van der Waals surface area contributed by atoms with E-state index in [9.17, 15) is 14.3 Å². The van der Waals surface area contributed by atoms with Crippen LogP contribution in [-0.2, 0) is 0 Å². The van der Waals surface area contributed by atoms with Gasteiger partial charge in [0.05, 0.1) is 16.1 Å². The largest absolute Gasteiger partial charge is 0.505 e. The lowest BCUT2D eigenvalue weighted by molar-refractivity contribution is 0.0697. The molecule has 106 valence electrons. The van der Waals surface area contributed by atoms with Gasteiger partial charge in [0.15, 0.2) is 11.6 Å². The molecule has 2 aromatic heterocycles. The lowest BCUT2D eigenvalue weighted by Crippen LogP contribution is -1.91. The molecule has 4 nitrogen and oxygen atoms in total. The molecule has 0 fully saturated rings. The van der Waals surface area contributed by atoms with Gasteiger partial charge in [-0.3, -0.25) is 0 Å². The van der Waals surface area contributed by atoms with E-state index in [0.717, 1.165) is 4.88 Å². The van der Waals surface area contributed by atoms with E-state index in [-0.39, 0.29) is 5.56 Å². The number of rotatable bonds is 3. The number of carbonyl (C=O) groups is 1. The zero-order chi connectivity index (χ0) is 15.0. The zero-order valence-corrected chi connectivity index (χ0v) is 12.0. The first-order valence-corrected chi connectivity index (χ1v) is 7.57. The molecule has 0 atom stereocenters. The van der Waals surface area contributed by atoms with E-state index in [1.807, 2.05) is 0 Å². The minimum absolute atomic E-state index is 0.222. The topological polar surface area (TPSA) is 70.4 Å². The predicted octanol–water partition coefficient (Wildman–Crippen LogP) is 4.08. The van der Waals surface area contributed by atoms with Gasteiger partial charge in [-0.05, 0) is 24.3 Å². The van der Waals surface area contributed by atoms with E-state index < -0.39 is 17.5 Å². The lowest BCUT2D eigenvalue weighted by atomic mass is 10.2. The summed E-state index contributed by atoms with van der Waals surface area (Å²) in [7, 11) is 0. The number of halogens is 1. The Morgan fingerprint density at radius 3 is 2.67 bits per heavy atom. The summed E-state index contributed by atoms with van der Waals surface area (Å²) in [4.78, 5) is 16.0. The number of aromatic hydroxyl groups is 1. The summed E-state index contributed by atoms with van der Waals surface area (Å²) in [6.07, 6.45) is 0. The van der Waals surface area contributed by atoms with Crippen molar-refractivity contribution < 1.29 is 19.4 Å². The Morgan fingerprint density at radius 1 is 1.19 bits per heavy atom. The molecule has 0 unspecified atom stereocenters. The van der Waals surface area contributed by atoms with E-state index in [1.54, 1.807) is 22.9 Å². The molecule has 0 spiro atoms. The monoisotopic (exact) mass is 321 g/mol. The number of nitrogens with zero attached hydrogens (tertiary/aromatic N) is 1. The number of hydrogen-bond donors (Lipinski definition) is 2. The van der Waals surface area contributed by atoms with Gasteiger partial charge in [0, 0.05) is 16.3 Å². The van der Waals surface area contributed by atoms with Crippen molar-refractivity contribution in [3.05, 3.63) is 46.4 Å². The maximum absolute atomic E-state index is 13.4. The number of thiazole rings is 1. The minimum atomic E-state index is -0.978. The van der Waals surface area contributed by atoms with Crippen LogP contribution in [0.1, 0.15) is 10.4 Å². The molecule has 3 aromatic rings. The minimum Gasteiger partial charge on any atom is -0.505 e. The first kappa shape index (κ1) is 13.7. The second kappa shape index (κ2) is 5.27. The molecule has 7 heteroatoms. The molecule has 2 N–H and O–H groups in total. The smallest absolute Gasteiger partial charge is 0.336 e. The van der Waals surface area contributed by atoms with Crippen LogP contribution in [0.3, 0.4) is 0 Å². The molecule has 2 heterocycles. The van der Waals surface area contributed by atoms with Gasteiger partial charge >= 0.3 is 5.97 Å². The number of carboxylic acids is 1. The summed E-state index contributed by atoms with van der Waals surface area (Å²) in [5.74, 6) is -2.08. The van der Waals surface area contributed by atoms with Crippen LogP contribution in [0.25, 0.3) is 21.1 Å². The van der Waals surface area contributed by atoms with Gasteiger partial charge in [-0.15, -0.1) is 22.7 Å². The Balaban J connectivity index is 1.95. The number of aromatic nitrogens is 1. The Bertz CT molecular complexity index is 825. The number of thiophene rings is 1. The standard InChI is InChI=1S/C14H8FNO3S2/c15-9-3-7(1-2-11(9)17)13-16-10(6-21-13)12-4-8(5-20-12)14(18)19/h1-6,17H,(H,18,19). The molecule has 0 radical (unpaired) electrons. The highest BCUT2D eigenvalue weighted by Crippen LogP contribution is 2.33. The predicted molar refractivity (Wildman–Crippen MR) is 79.4 cm³/mol. The summed E-state index contributed by atoms with van der Waals surface area (Å²) in [6.45, 7) is 0. The molecule has 0 saturated carbocycles. The van der Waals surface area contributed by atoms with Crippen LogP contribution in [0, 0.1) is 5.82 Å². The molecule has 0 aliphatic heterocycles. The molecule has 0 amide bonds. The van der Waals surface area contributed by atoms with Crippen LogP contribution in [0.5, 0.6) is 5.75 Å². The Kier molecular flexibility index (Phi) is 3.44. The van der Waals surface area contributed by atoms with Crippen LogP contribution in [0.15, 0.2) is 35.0 Å². The normalized spacial score (nSPS) is 10.7. The van der Waals surface area contributed by atoms with Crippen molar-refractivity contribution in [2.75, 3.05) is 0 Å². The van der Waals surface area contributed by atoms with E-state index >= 15 is 0 Å². The second-order valence-electron chi connectivity index (χ2n) is 4.21. The number of hydrogen-bond acceptors (Lipinski definition) is 5. The van der Waals surface area contributed by atoms with Crippen LogP contribution in [0.2, 0.25) is 0 Å². The number of phenols is 1. The van der Waals surface area contributed by atoms with E-state index in [1.165, 1.54) is 34.8 Å². The van der Waals surface area contributed by atoms with Crippen LogP contribution in [0.4, 0.5) is 4.39 Å². The number of benzene rings is 1. The fraction of sp³-hybridized carbons (Fsp3) is 0. The Morgan fingerprint density at radius 2 is 2.00 bits per heavy atom. The molecular weight excluding hydrogens is 313 g/mol. The van der Waals surface area contributed by atoms with E-state index in [0.29, 0.717) is 16.3 Å². The molecule has 3 rings (SSSR count). The van der Waals surface area contributed by atoms with Gasteiger partial charge in [-0.1, -0.05) is 0 Å². The van der Waals surface area contributed by atoms with Crippen LogP contribution in [-0.4, -0.2) is 21.2 Å². The second-order valence-corrected chi connectivity index (χ2v) is 5.98. The Labute approximate surface area is 126 Å². The van der Waals surface area contributed by atoms with Crippen molar-refractivity contribution in [1.82, 2.24) is 4.98 Å². The van der Waals surface area contributed by atoms with Gasteiger partial charge in [0.2, 0.25) is 0 Å². The van der Waals surface area contributed by atoms with Gasteiger partial charge in [0.1, 0.15) is 5.01 Å². The molecule has 1 aromatic carbocycles. The summed E-state index contributed by atoms with van der Waals surface area (Å²) in [6, 6.07) is 5.63. The van der Waals surface area contributed by atoms with E-state index in [4.69, 9.17) is 5.11 Å². The van der Waals surface area contributed by atoms with Crippen molar-refractivity contribution in [3.63, 3.8) is 0 Å². The summed E-state index contributed by atoms with van der Waals surface area (Å²) in [5.41, 5.74) is 1.44. The maximum Gasteiger partial charge on any atom is 0.336 e.